The molecule has 4 nitrogen and oxygen atoms in total. The summed E-state index contributed by atoms with van der Waals surface area (Å²) >= 11 is 0. The van der Waals surface area contributed by atoms with Crippen LogP contribution < -0.4 is 10.6 Å². The number of rotatable bonds is 2. The van der Waals surface area contributed by atoms with Gasteiger partial charge in [-0.2, -0.15) is 0 Å². The fourth-order valence-corrected chi connectivity index (χ4v) is 2.02. The Morgan fingerprint density at radius 1 is 1.25 bits per heavy atom. The van der Waals surface area contributed by atoms with E-state index in [0.29, 0.717) is 6.54 Å². The molecule has 1 aliphatic heterocycles. The summed E-state index contributed by atoms with van der Waals surface area (Å²) in [4.78, 5) is 9.30. The lowest BCUT2D eigenvalue weighted by Gasteiger charge is -2.34. The molecule has 0 amide bonds. The molecule has 0 bridgehead atoms. The summed E-state index contributed by atoms with van der Waals surface area (Å²) in [5.74, 6) is 1.08. The standard InChI is InChI=1S/C12H20N4/c1-10-3-4-11(9-13)12(14-10)16-7-5-15(2)6-8-16/h3-4H,5-9,13H2,1-2H3. The Hall–Kier alpha value is -1.13. The van der Waals surface area contributed by atoms with E-state index in [-0.39, 0.29) is 0 Å². The first-order valence-corrected chi connectivity index (χ1v) is 5.81. The van der Waals surface area contributed by atoms with E-state index in [2.05, 4.69) is 27.9 Å². The fraction of sp³-hybridized carbons (Fsp3) is 0.583. The second-order valence-electron chi connectivity index (χ2n) is 4.43. The number of hydrogen-bond donors (Lipinski definition) is 1. The Morgan fingerprint density at radius 2 is 1.94 bits per heavy atom. The minimum Gasteiger partial charge on any atom is -0.354 e. The zero-order valence-electron chi connectivity index (χ0n) is 10.1. The number of nitrogens with zero attached hydrogens (tertiary/aromatic N) is 3. The van der Waals surface area contributed by atoms with Gasteiger partial charge >= 0.3 is 0 Å². The summed E-state index contributed by atoms with van der Waals surface area (Å²) < 4.78 is 0. The first-order chi connectivity index (χ1) is 7.70. The van der Waals surface area contributed by atoms with Gasteiger partial charge in [-0.3, -0.25) is 0 Å². The van der Waals surface area contributed by atoms with Crippen LogP contribution in [-0.4, -0.2) is 43.1 Å². The lowest BCUT2D eigenvalue weighted by molar-refractivity contribution is 0.311. The summed E-state index contributed by atoms with van der Waals surface area (Å²) in [6.07, 6.45) is 0. The third-order valence-electron chi connectivity index (χ3n) is 3.12. The zero-order chi connectivity index (χ0) is 11.5. The van der Waals surface area contributed by atoms with Crippen molar-refractivity contribution in [1.29, 1.82) is 0 Å². The summed E-state index contributed by atoms with van der Waals surface area (Å²) in [6, 6.07) is 4.12. The van der Waals surface area contributed by atoms with Gasteiger partial charge in [0, 0.05) is 44.0 Å². The van der Waals surface area contributed by atoms with Crippen molar-refractivity contribution in [3.05, 3.63) is 23.4 Å². The van der Waals surface area contributed by atoms with Crippen molar-refractivity contribution >= 4 is 5.82 Å². The molecule has 0 aromatic carbocycles. The molecule has 1 aromatic heterocycles. The van der Waals surface area contributed by atoms with Crippen molar-refractivity contribution in [2.45, 2.75) is 13.5 Å². The van der Waals surface area contributed by atoms with Gasteiger partial charge in [0.05, 0.1) is 0 Å². The van der Waals surface area contributed by atoms with E-state index in [1.54, 1.807) is 0 Å². The van der Waals surface area contributed by atoms with Crippen LogP contribution in [0.3, 0.4) is 0 Å². The van der Waals surface area contributed by atoms with E-state index in [0.717, 1.165) is 43.3 Å². The first-order valence-electron chi connectivity index (χ1n) is 5.81. The normalized spacial score (nSPS) is 17.8. The highest BCUT2D eigenvalue weighted by atomic mass is 15.3. The van der Waals surface area contributed by atoms with Crippen molar-refractivity contribution in [3.8, 4) is 0 Å². The van der Waals surface area contributed by atoms with Gasteiger partial charge in [0.2, 0.25) is 0 Å². The smallest absolute Gasteiger partial charge is 0.133 e. The molecule has 16 heavy (non-hydrogen) atoms. The third-order valence-corrected chi connectivity index (χ3v) is 3.12. The molecule has 1 saturated heterocycles. The monoisotopic (exact) mass is 220 g/mol. The maximum absolute atomic E-state index is 5.76. The molecule has 0 saturated carbocycles. The maximum Gasteiger partial charge on any atom is 0.133 e. The van der Waals surface area contributed by atoms with Gasteiger partial charge in [-0.05, 0) is 20.0 Å². The van der Waals surface area contributed by atoms with Crippen LogP contribution in [0.2, 0.25) is 0 Å². The van der Waals surface area contributed by atoms with Crippen LogP contribution in [0.15, 0.2) is 12.1 Å². The van der Waals surface area contributed by atoms with Gasteiger partial charge in [-0.15, -0.1) is 0 Å². The molecule has 2 rings (SSSR count). The van der Waals surface area contributed by atoms with Gasteiger partial charge in [-0.25, -0.2) is 4.98 Å². The van der Waals surface area contributed by atoms with Gasteiger partial charge < -0.3 is 15.5 Å². The van der Waals surface area contributed by atoms with Crippen LogP contribution in [-0.2, 0) is 6.54 Å². The Morgan fingerprint density at radius 3 is 2.56 bits per heavy atom. The second-order valence-corrected chi connectivity index (χ2v) is 4.43. The minimum absolute atomic E-state index is 0.564. The highest BCUT2D eigenvalue weighted by Gasteiger charge is 2.17. The molecule has 0 radical (unpaired) electrons. The van der Waals surface area contributed by atoms with Gasteiger partial charge in [-0.1, -0.05) is 6.07 Å². The fourth-order valence-electron chi connectivity index (χ4n) is 2.02. The SMILES string of the molecule is Cc1ccc(CN)c(N2CCN(C)CC2)n1. The van der Waals surface area contributed by atoms with Crippen molar-refractivity contribution in [2.75, 3.05) is 38.1 Å². The molecule has 1 aliphatic rings. The van der Waals surface area contributed by atoms with Crippen LogP contribution in [0.5, 0.6) is 0 Å². The van der Waals surface area contributed by atoms with E-state index in [1.165, 1.54) is 0 Å². The summed E-state index contributed by atoms with van der Waals surface area (Å²) in [5, 5.41) is 0. The average molecular weight is 220 g/mol. The second kappa shape index (κ2) is 4.80. The maximum atomic E-state index is 5.76. The molecule has 0 atom stereocenters. The topological polar surface area (TPSA) is 45.4 Å². The quantitative estimate of drug-likeness (QED) is 0.793. The molecule has 4 heteroatoms. The Kier molecular flexibility index (Phi) is 3.41. The molecular formula is C12H20N4. The third kappa shape index (κ3) is 2.33. The lowest BCUT2D eigenvalue weighted by atomic mass is 10.2. The predicted molar refractivity (Wildman–Crippen MR) is 66.6 cm³/mol. The first kappa shape index (κ1) is 11.4. The van der Waals surface area contributed by atoms with E-state index in [1.807, 2.05) is 13.0 Å². The van der Waals surface area contributed by atoms with Gasteiger partial charge in [0.15, 0.2) is 0 Å². The van der Waals surface area contributed by atoms with Crippen LogP contribution in [0.4, 0.5) is 5.82 Å². The molecule has 2 heterocycles. The van der Waals surface area contributed by atoms with Gasteiger partial charge in [0.25, 0.3) is 0 Å². The van der Waals surface area contributed by atoms with E-state index < -0.39 is 0 Å². The number of aromatic nitrogens is 1. The molecular weight excluding hydrogens is 200 g/mol. The lowest BCUT2D eigenvalue weighted by Crippen LogP contribution is -2.45. The largest absolute Gasteiger partial charge is 0.354 e. The number of hydrogen-bond acceptors (Lipinski definition) is 4. The van der Waals surface area contributed by atoms with E-state index in [9.17, 15) is 0 Å². The van der Waals surface area contributed by atoms with Crippen molar-refractivity contribution in [3.63, 3.8) is 0 Å². The number of anilines is 1. The van der Waals surface area contributed by atoms with Crippen molar-refractivity contribution in [1.82, 2.24) is 9.88 Å². The predicted octanol–water partition coefficient (Wildman–Crippen LogP) is 0.601. The molecule has 88 valence electrons. The number of nitrogens with two attached hydrogens (primary N) is 1. The average Bonchev–Trinajstić information content (AvgIpc) is 2.30. The summed E-state index contributed by atoms with van der Waals surface area (Å²) in [7, 11) is 2.16. The Bertz CT molecular complexity index is 356. The molecule has 1 fully saturated rings. The highest BCUT2D eigenvalue weighted by molar-refractivity contribution is 5.48. The molecule has 0 spiro atoms. The van der Waals surface area contributed by atoms with Crippen LogP contribution in [0, 0.1) is 6.92 Å². The molecule has 2 N–H and O–H groups in total. The van der Waals surface area contributed by atoms with Crippen molar-refractivity contribution < 1.29 is 0 Å². The zero-order valence-corrected chi connectivity index (χ0v) is 10.1. The molecule has 1 aromatic rings. The minimum atomic E-state index is 0.564. The van der Waals surface area contributed by atoms with Crippen molar-refractivity contribution in [2.24, 2.45) is 5.73 Å². The Balaban J connectivity index is 2.21. The molecule has 0 unspecified atom stereocenters. The van der Waals surface area contributed by atoms with E-state index in [4.69, 9.17) is 5.73 Å². The number of aryl methyl sites for hydroxylation is 1. The Labute approximate surface area is 97.1 Å². The molecule has 0 aliphatic carbocycles. The number of piperazine rings is 1. The van der Waals surface area contributed by atoms with Crippen LogP contribution >= 0.6 is 0 Å². The number of likely N-dealkylation sites (N-methyl/N-ethyl adjacent to an activating group) is 1. The van der Waals surface area contributed by atoms with Crippen LogP contribution in [0.1, 0.15) is 11.3 Å². The van der Waals surface area contributed by atoms with E-state index >= 15 is 0 Å². The highest BCUT2D eigenvalue weighted by Crippen LogP contribution is 2.19. The van der Waals surface area contributed by atoms with Gasteiger partial charge in [0.1, 0.15) is 5.82 Å². The summed E-state index contributed by atoms with van der Waals surface area (Å²) in [5.41, 5.74) is 7.97. The summed E-state index contributed by atoms with van der Waals surface area (Å²) in [6.45, 7) is 6.87. The van der Waals surface area contributed by atoms with Crippen LogP contribution in [0.25, 0.3) is 0 Å². The number of pyridine rings is 1.